The minimum Gasteiger partial charge on any atom is -0.382 e. The van der Waals surface area contributed by atoms with Gasteiger partial charge in [0.2, 0.25) is 11.8 Å². The summed E-state index contributed by atoms with van der Waals surface area (Å²) in [6.07, 6.45) is 3.47. The number of imide groups is 2. The highest BCUT2D eigenvalue weighted by Gasteiger charge is 2.49. The summed E-state index contributed by atoms with van der Waals surface area (Å²) in [5.74, 6) is -3.15. The lowest BCUT2D eigenvalue weighted by molar-refractivity contribution is -0.136. The van der Waals surface area contributed by atoms with Gasteiger partial charge in [-0.15, -0.1) is 11.8 Å². The number of halogens is 4. The number of thioether (sulfide) groups is 1. The number of nitrogens with zero attached hydrogens (tertiary/aromatic N) is 4. The van der Waals surface area contributed by atoms with Gasteiger partial charge in [0, 0.05) is 90.9 Å². The van der Waals surface area contributed by atoms with E-state index in [4.69, 9.17) is 25.8 Å². The predicted molar refractivity (Wildman–Crippen MR) is 346 cm³/mol. The lowest BCUT2D eigenvalue weighted by Gasteiger charge is -2.39. The van der Waals surface area contributed by atoms with E-state index in [9.17, 15) is 54.0 Å². The van der Waals surface area contributed by atoms with E-state index in [1.54, 1.807) is 24.3 Å². The van der Waals surface area contributed by atoms with Gasteiger partial charge in [-0.2, -0.15) is 13.2 Å². The Bertz CT molecular complexity index is 3730. The first-order valence-electron chi connectivity index (χ1n) is 30.4. The number of amides is 5. The van der Waals surface area contributed by atoms with E-state index < -0.39 is 82.5 Å². The first-order valence-corrected chi connectivity index (χ1v) is 34.7. The average Bonchev–Trinajstić information content (AvgIpc) is 1.35. The Morgan fingerprint density at radius 1 is 0.793 bits per heavy atom. The van der Waals surface area contributed by atoms with Crippen LogP contribution < -0.4 is 25.6 Å². The fraction of sp³-hybridized carbons (Fsp3) is 0.431. The van der Waals surface area contributed by atoms with Crippen molar-refractivity contribution in [3.05, 3.63) is 148 Å². The number of hydrogen-bond donors (Lipinski definition) is 4. The zero-order chi connectivity index (χ0) is 65.8. The molecule has 2 fully saturated rings. The van der Waals surface area contributed by atoms with Gasteiger partial charge >= 0.3 is 5.51 Å². The highest BCUT2D eigenvalue weighted by atomic mass is 35.5. The van der Waals surface area contributed by atoms with Gasteiger partial charge in [0.25, 0.3) is 37.6 Å². The number of carbonyl (C=O) groups excluding carboxylic acids is 5. The molecule has 0 spiro atoms. The molecule has 2 saturated heterocycles. The van der Waals surface area contributed by atoms with E-state index in [0.717, 1.165) is 66.5 Å². The largest absolute Gasteiger partial charge is 0.501 e. The topological polar surface area (TPSA) is 242 Å². The summed E-state index contributed by atoms with van der Waals surface area (Å²) in [4.78, 5) is 70.2. The molecule has 20 nitrogen and oxygen atoms in total. The summed E-state index contributed by atoms with van der Waals surface area (Å²) >= 11 is 7.60. The average molecular weight is 1350 g/mol. The quantitative estimate of drug-likeness (QED) is 0.0190. The molecule has 1 aliphatic carbocycles. The molecule has 92 heavy (non-hydrogen) atoms. The summed E-state index contributed by atoms with van der Waals surface area (Å²) in [6, 6.07) is 29.0. The number of ether oxygens (including phenoxy) is 3. The van der Waals surface area contributed by atoms with E-state index in [-0.39, 0.29) is 73.7 Å². The number of hydrogen-bond acceptors (Lipinski definition) is 18. The molecule has 1 unspecified atom stereocenters. The zero-order valence-electron chi connectivity index (χ0n) is 51.4. The van der Waals surface area contributed by atoms with Crippen LogP contribution in [0.1, 0.15) is 89.0 Å². The van der Waals surface area contributed by atoms with E-state index in [0.29, 0.717) is 62.5 Å². The van der Waals surface area contributed by atoms with Crippen molar-refractivity contribution < 1.29 is 68.2 Å². The second-order valence-electron chi connectivity index (χ2n) is 23.8. The lowest BCUT2D eigenvalue weighted by Crippen LogP contribution is -2.54. The smallest absolute Gasteiger partial charge is 0.382 e. The number of rotatable bonds is 30. The van der Waals surface area contributed by atoms with E-state index in [1.165, 1.54) is 46.7 Å². The van der Waals surface area contributed by atoms with Crippen LogP contribution in [0.2, 0.25) is 5.02 Å². The molecule has 4 N–H and O–H groups in total. The summed E-state index contributed by atoms with van der Waals surface area (Å²) in [7, 11) is -9.25. The Morgan fingerprint density at radius 2 is 1.48 bits per heavy atom. The molecule has 0 bridgehead atoms. The van der Waals surface area contributed by atoms with E-state index >= 15 is 0 Å². The van der Waals surface area contributed by atoms with Crippen molar-refractivity contribution in [2.24, 2.45) is 5.41 Å². The van der Waals surface area contributed by atoms with Crippen LogP contribution in [0.15, 0.2) is 136 Å². The van der Waals surface area contributed by atoms with Crippen LogP contribution in [0.25, 0.3) is 5.57 Å². The van der Waals surface area contributed by atoms with Gasteiger partial charge in [0.1, 0.15) is 10.9 Å². The highest BCUT2D eigenvalue weighted by Crippen LogP contribution is 2.43. The molecular weight excluding hydrogens is 1270 g/mol. The summed E-state index contributed by atoms with van der Waals surface area (Å²) in [5, 5.41) is 8.98. The summed E-state index contributed by atoms with van der Waals surface area (Å²) in [5.41, 5.74) is -0.580. The van der Waals surface area contributed by atoms with Crippen LogP contribution in [0, 0.1) is 5.41 Å². The van der Waals surface area contributed by atoms with Gasteiger partial charge in [-0.05, 0) is 141 Å². The van der Waals surface area contributed by atoms with Crippen LogP contribution in [-0.2, 0) is 43.7 Å². The maximum Gasteiger partial charge on any atom is 0.501 e. The molecule has 0 radical (unpaired) electrons. The van der Waals surface area contributed by atoms with Gasteiger partial charge in [0.05, 0.1) is 61.4 Å². The fourth-order valence-corrected chi connectivity index (χ4v) is 14.6. The van der Waals surface area contributed by atoms with E-state index in [1.807, 2.05) is 59.1 Å². The van der Waals surface area contributed by atoms with Crippen molar-refractivity contribution in [3.8, 4) is 0 Å². The van der Waals surface area contributed by atoms with Gasteiger partial charge in [0.15, 0.2) is 0 Å². The van der Waals surface area contributed by atoms with Gasteiger partial charge < -0.3 is 34.6 Å². The molecule has 3 aliphatic heterocycles. The van der Waals surface area contributed by atoms with Crippen LogP contribution in [0.4, 0.5) is 30.2 Å². The first kappa shape index (κ1) is 69.5. The standard InChI is InChI=1S/C65H76ClF3N8O12S3/c1-64(2)26-24-52(44-12-16-47(66)17-13-44)46(41-64)42-75-29-31-76(32-30-75)49-18-14-45(15-19-49)60(79)73-92(85,86)51-20-21-54(57(40-51)91(83,84)65(67,68)69)71-48(43-90-50-8-5-4-6-9-50)25-28-74(3)33-35-88-37-39-89-38-36-87-34-27-70-55-11-7-10-53-59(55)63(82)77(62(53)81)56-22-23-58(78)72-61(56)80/h4-21,40,48,56,70-71H,22-39,41-43H2,1-3H3,(H,73,79)(H,72,78,80)/t48-,56?/m1/s1. The molecule has 0 aromatic heterocycles. The minimum atomic E-state index is -6.15. The number of benzene rings is 5. The second-order valence-corrected chi connectivity index (χ2v) is 28.9. The number of likely N-dealkylation sites (N-methyl/N-ethyl adjacent to an activating group) is 1. The maximum atomic E-state index is 14.4. The Balaban J connectivity index is 0.729. The predicted octanol–water partition coefficient (Wildman–Crippen LogP) is 9.00. The van der Waals surface area contributed by atoms with Gasteiger partial charge in [-0.25, -0.2) is 21.6 Å². The normalized spacial score (nSPS) is 17.7. The number of piperazine rings is 1. The Labute approximate surface area is 543 Å². The van der Waals surface area contributed by atoms with Crippen molar-refractivity contribution in [3.63, 3.8) is 0 Å². The molecule has 2 atom stereocenters. The van der Waals surface area contributed by atoms with Crippen LogP contribution in [0.5, 0.6) is 0 Å². The Morgan fingerprint density at radius 3 is 2.16 bits per heavy atom. The monoisotopic (exact) mass is 1350 g/mol. The number of allylic oxidation sites excluding steroid dienone is 1. The molecule has 27 heteroatoms. The molecule has 9 rings (SSSR count). The number of sulfone groups is 1. The van der Waals surface area contributed by atoms with Gasteiger partial charge in [-0.1, -0.05) is 67.4 Å². The third-order valence-corrected chi connectivity index (χ3v) is 20.8. The fourth-order valence-electron chi connectivity index (χ4n) is 11.5. The van der Waals surface area contributed by atoms with Crippen LogP contribution >= 0.6 is 23.4 Å². The number of piperidine rings is 1. The van der Waals surface area contributed by atoms with Gasteiger partial charge in [-0.3, -0.25) is 39.1 Å². The SMILES string of the molecule is CN(CCOCCOCCOCCNc1cccc2c1C(=O)N(C1CCC(=O)NC1=O)C2=O)CC[C@H](CSc1ccccc1)Nc1ccc(S(=O)(=O)NC(=O)c2ccc(N3CCN(CC4=C(c5ccc(Cl)cc5)CCC(C)(C)C4)CC3)cc2)cc1S(=O)(=O)C(F)(F)F. The number of carbonyl (C=O) groups is 5. The molecule has 4 aliphatic rings. The number of nitrogens with one attached hydrogen (secondary N) is 4. The number of anilines is 3. The first-order chi connectivity index (χ1) is 43.9. The Kier molecular flexibility index (Phi) is 23.3. The summed E-state index contributed by atoms with van der Waals surface area (Å²) < 4.78 is 116. The minimum absolute atomic E-state index is 0.0156. The molecule has 494 valence electrons. The molecule has 5 amide bonds. The lowest BCUT2D eigenvalue weighted by atomic mass is 9.73. The molecule has 0 saturated carbocycles. The number of alkyl halides is 3. The number of fused-ring (bicyclic) bond motifs is 1. The Hall–Kier alpha value is -6.88. The molecular formula is C65H76ClF3N8O12S3. The van der Waals surface area contributed by atoms with Crippen LogP contribution in [0.3, 0.4) is 0 Å². The van der Waals surface area contributed by atoms with Crippen molar-refractivity contribution in [2.75, 3.05) is 120 Å². The van der Waals surface area contributed by atoms with E-state index in [2.05, 4.69) is 51.7 Å². The molecule has 5 aromatic rings. The van der Waals surface area contributed by atoms with Crippen molar-refractivity contribution >= 4 is 95.4 Å². The molecule has 3 heterocycles. The third kappa shape index (κ3) is 17.9. The second kappa shape index (κ2) is 30.9. The highest BCUT2D eigenvalue weighted by molar-refractivity contribution is 7.99. The summed E-state index contributed by atoms with van der Waals surface area (Å²) in [6.45, 7) is 11.2. The van der Waals surface area contributed by atoms with Crippen molar-refractivity contribution in [1.29, 1.82) is 0 Å². The van der Waals surface area contributed by atoms with Crippen molar-refractivity contribution in [2.45, 2.75) is 84.7 Å². The maximum absolute atomic E-state index is 14.4. The molecule has 5 aromatic carbocycles. The third-order valence-electron chi connectivity index (χ3n) is 16.5. The van der Waals surface area contributed by atoms with Crippen LogP contribution in [-0.4, -0.2) is 183 Å². The zero-order valence-corrected chi connectivity index (χ0v) is 54.6. The van der Waals surface area contributed by atoms with Crippen molar-refractivity contribution in [1.82, 2.24) is 24.7 Å². The number of sulfonamides is 1.